The lowest BCUT2D eigenvalue weighted by Gasteiger charge is -2.24. The van der Waals surface area contributed by atoms with Crippen molar-refractivity contribution >= 4 is 34.3 Å². The Morgan fingerprint density at radius 1 is 1.42 bits per heavy atom. The van der Waals surface area contributed by atoms with Crippen LogP contribution in [0, 0.1) is 12.8 Å². The van der Waals surface area contributed by atoms with Gasteiger partial charge in [0.1, 0.15) is 0 Å². The minimum Gasteiger partial charge on any atom is -0.326 e. The molecule has 0 spiro atoms. The van der Waals surface area contributed by atoms with Crippen LogP contribution in [0.4, 0.5) is 5.69 Å². The molecule has 2 N–H and O–H groups in total. The van der Waals surface area contributed by atoms with Crippen LogP contribution in [0.3, 0.4) is 0 Å². The van der Waals surface area contributed by atoms with E-state index in [4.69, 9.17) is 0 Å². The molecule has 0 fully saturated rings. The highest BCUT2D eigenvalue weighted by Crippen LogP contribution is 2.26. The van der Waals surface area contributed by atoms with E-state index < -0.39 is 0 Å². The van der Waals surface area contributed by atoms with Crippen LogP contribution in [-0.2, 0) is 11.3 Å². The van der Waals surface area contributed by atoms with E-state index >= 15 is 0 Å². The van der Waals surface area contributed by atoms with Crippen molar-refractivity contribution in [1.82, 2.24) is 19.7 Å². The molecule has 122 valence electrons. The molecule has 1 amide bonds. The lowest BCUT2D eigenvalue weighted by atomic mass is 10.1. The summed E-state index contributed by atoms with van der Waals surface area (Å²) in [5.74, 6) is 0.231. The summed E-state index contributed by atoms with van der Waals surface area (Å²) in [5, 5.41) is 11.4. The molecule has 4 rings (SSSR count). The summed E-state index contributed by atoms with van der Waals surface area (Å²) < 4.78 is 1.59. The molecule has 0 saturated carbocycles. The Balaban J connectivity index is 1.54. The van der Waals surface area contributed by atoms with Gasteiger partial charge in [0.2, 0.25) is 5.91 Å². The number of amides is 1. The highest BCUT2D eigenvalue weighted by atomic mass is 32.2. The fraction of sp³-hybridized carbons (Fsp3) is 0.250. The van der Waals surface area contributed by atoms with Gasteiger partial charge in [0, 0.05) is 35.1 Å². The summed E-state index contributed by atoms with van der Waals surface area (Å²) in [6, 6.07) is 5.59. The summed E-state index contributed by atoms with van der Waals surface area (Å²) in [5.41, 5.74) is 2.09. The quantitative estimate of drug-likeness (QED) is 0.693. The number of fused-ring (bicyclic) bond motifs is 2. The largest absolute Gasteiger partial charge is 0.326 e. The molecule has 7 nitrogen and oxygen atoms in total. The molecule has 2 aromatic heterocycles. The third kappa shape index (κ3) is 2.58. The van der Waals surface area contributed by atoms with E-state index in [0.717, 1.165) is 10.9 Å². The third-order valence-corrected chi connectivity index (χ3v) is 5.23. The average molecular weight is 341 g/mol. The van der Waals surface area contributed by atoms with Gasteiger partial charge < -0.3 is 5.32 Å². The number of H-pyrrole nitrogens is 1. The highest BCUT2D eigenvalue weighted by molar-refractivity contribution is 7.99. The van der Waals surface area contributed by atoms with Crippen LogP contribution in [0.5, 0.6) is 0 Å². The van der Waals surface area contributed by atoms with Gasteiger partial charge in [-0.2, -0.15) is 5.10 Å². The maximum atomic E-state index is 12.6. The number of rotatable bonds is 2. The first kappa shape index (κ1) is 14.9. The molecule has 1 atom stereocenters. The zero-order valence-corrected chi connectivity index (χ0v) is 13.8. The number of aromatic amines is 1. The second kappa shape index (κ2) is 5.79. The zero-order chi connectivity index (χ0) is 16.7. The lowest BCUT2D eigenvalue weighted by Crippen LogP contribution is -2.37. The Morgan fingerprint density at radius 3 is 3.17 bits per heavy atom. The van der Waals surface area contributed by atoms with E-state index in [1.54, 1.807) is 23.9 Å². The van der Waals surface area contributed by atoms with Gasteiger partial charge >= 0.3 is 0 Å². The number of aryl methyl sites for hydroxylation is 1. The van der Waals surface area contributed by atoms with Crippen molar-refractivity contribution in [3.63, 3.8) is 0 Å². The molecular formula is C16H15N5O2S. The van der Waals surface area contributed by atoms with Gasteiger partial charge in [-0.05, 0) is 25.1 Å². The van der Waals surface area contributed by atoms with Crippen LogP contribution in [0.2, 0.25) is 0 Å². The van der Waals surface area contributed by atoms with Crippen molar-refractivity contribution < 1.29 is 4.79 Å². The number of nitrogens with one attached hydrogen (secondary N) is 2. The molecule has 3 aromatic rings. The number of carbonyl (C=O) groups is 1. The van der Waals surface area contributed by atoms with Gasteiger partial charge in [-0.3, -0.25) is 19.3 Å². The molecule has 1 aliphatic rings. The molecule has 1 aliphatic heterocycles. The van der Waals surface area contributed by atoms with Gasteiger partial charge in [-0.1, -0.05) is 11.8 Å². The lowest BCUT2D eigenvalue weighted by molar-refractivity contribution is -0.119. The van der Waals surface area contributed by atoms with Crippen molar-refractivity contribution in [1.29, 1.82) is 0 Å². The molecule has 8 heteroatoms. The van der Waals surface area contributed by atoms with Crippen molar-refractivity contribution in [2.45, 2.75) is 18.6 Å². The van der Waals surface area contributed by atoms with E-state index in [0.29, 0.717) is 28.7 Å². The Morgan fingerprint density at radius 2 is 2.29 bits per heavy atom. The predicted molar refractivity (Wildman–Crippen MR) is 92.2 cm³/mol. The molecule has 24 heavy (non-hydrogen) atoms. The molecule has 0 bridgehead atoms. The van der Waals surface area contributed by atoms with Crippen LogP contribution in [0.25, 0.3) is 10.9 Å². The number of aromatic nitrogens is 4. The summed E-state index contributed by atoms with van der Waals surface area (Å²) in [6.07, 6.45) is 3.32. The first-order valence-corrected chi connectivity index (χ1v) is 8.53. The van der Waals surface area contributed by atoms with Gasteiger partial charge in [0.25, 0.3) is 5.56 Å². The smallest absolute Gasteiger partial charge is 0.257 e. The van der Waals surface area contributed by atoms with E-state index in [-0.39, 0.29) is 17.4 Å². The number of hydrogen-bond acceptors (Lipinski definition) is 5. The molecule has 1 unspecified atom stereocenters. The summed E-state index contributed by atoms with van der Waals surface area (Å²) >= 11 is 1.44. The summed E-state index contributed by atoms with van der Waals surface area (Å²) in [6.45, 7) is 2.09. The van der Waals surface area contributed by atoms with Gasteiger partial charge in [0.05, 0.1) is 17.6 Å². The third-order valence-electron chi connectivity index (χ3n) is 4.08. The average Bonchev–Trinajstić information content (AvgIpc) is 3.05. The Labute approximate surface area is 141 Å². The number of nitrogens with zero attached hydrogens (tertiary/aromatic N) is 3. The van der Waals surface area contributed by atoms with Gasteiger partial charge in [-0.25, -0.2) is 4.98 Å². The second-order valence-electron chi connectivity index (χ2n) is 5.81. The molecule has 0 aliphatic carbocycles. The van der Waals surface area contributed by atoms with Crippen molar-refractivity contribution in [3.05, 3.63) is 46.5 Å². The van der Waals surface area contributed by atoms with Crippen LogP contribution < -0.4 is 10.9 Å². The number of anilines is 1. The van der Waals surface area contributed by atoms with Crippen LogP contribution >= 0.6 is 11.8 Å². The SMILES string of the molecule is Cc1cnc2n(c1=O)CC(C(=O)Nc1ccc3cn[nH]c3c1)CS2. The van der Waals surface area contributed by atoms with E-state index in [9.17, 15) is 9.59 Å². The number of thioether (sulfide) groups is 1. The Hall–Kier alpha value is -2.61. The first-order valence-electron chi connectivity index (χ1n) is 7.55. The molecule has 3 heterocycles. The van der Waals surface area contributed by atoms with E-state index in [1.165, 1.54) is 11.8 Å². The standard InChI is InChI=1S/C16H15N5O2S/c1-9-5-17-16-21(15(9)23)7-11(8-24-16)14(22)19-12-3-2-10-6-18-20-13(10)4-12/h2-6,11H,7-8H2,1H3,(H,18,20)(H,19,22). The number of hydrogen-bond donors (Lipinski definition) is 2. The Bertz CT molecular complexity index is 994. The maximum absolute atomic E-state index is 12.6. The zero-order valence-electron chi connectivity index (χ0n) is 12.9. The van der Waals surface area contributed by atoms with Crippen LogP contribution in [-0.4, -0.2) is 31.4 Å². The van der Waals surface area contributed by atoms with Crippen LogP contribution in [0.1, 0.15) is 5.56 Å². The van der Waals surface area contributed by atoms with E-state index in [1.807, 2.05) is 18.2 Å². The van der Waals surface area contributed by atoms with Gasteiger partial charge in [-0.15, -0.1) is 0 Å². The van der Waals surface area contributed by atoms with Crippen molar-refractivity contribution in [3.8, 4) is 0 Å². The summed E-state index contributed by atoms with van der Waals surface area (Å²) in [4.78, 5) is 29.1. The van der Waals surface area contributed by atoms with Crippen molar-refractivity contribution in [2.75, 3.05) is 11.1 Å². The molecule has 1 aromatic carbocycles. The Kier molecular flexibility index (Phi) is 3.61. The number of carbonyl (C=O) groups excluding carboxylic acids is 1. The monoisotopic (exact) mass is 341 g/mol. The van der Waals surface area contributed by atoms with Gasteiger partial charge in [0.15, 0.2) is 5.16 Å². The minimum absolute atomic E-state index is 0.0797. The first-order chi connectivity index (χ1) is 11.6. The molecule has 0 radical (unpaired) electrons. The second-order valence-corrected chi connectivity index (χ2v) is 6.80. The maximum Gasteiger partial charge on any atom is 0.257 e. The fourth-order valence-electron chi connectivity index (χ4n) is 2.72. The van der Waals surface area contributed by atoms with Crippen molar-refractivity contribution in [2.24, 2.45) is 5.92 Å². The topological polar surface area (TPSA) is 92.7 Å². The fourth-order valence-corrected chi connectivity index (χ4v) is 3.77. The van der Waals surface area contributed by atoms with Crippen LogP contribution in [0.15, 0.2) is 40.5 Å². The molecular weight excluding hydrogens is 326 g/mol. The summed E-state index contributed by atoms with van der Waals surface area (Å²) in [7, 11) is 0. The van der Waals surface area contributed by atoms with E-state index in [2.05, 4.69) is 20.5 Å². The highest BCUT2D eigenvalue weighted by Gasteiger charge is 2.27. The number of benzene rings is 1. The normalized spacial score (nSPS) is 16.8. The molecule has 0 saturated heterocycles. The predicted octanol–water partition coefficient (Wildman–Crippen LogP) is 1.79. The minimum atomic E-state index is -0.277.